The normalized spacial score (nSPS) is 14.6. The Morgan fingerprint density at radius 1 is 1.07 bits per heavy atom. The van der Waals surface area contributed by atoms with E-state index in [1.807, 2.05) is 24.3 Å². The lowest BCUT2D eigenvalue weighted by Crippen LogP contribution is -2.33. The summed E-state index contributed by atoms with van der Waals surface area (Å²) in [6.07, 6.45) is 8.14. The van der Waals surface area contributed by atoms with Gasteiger partial charge in [-0.3, -0.25) is 9.59 Å². The van der Waals surface area contributed by atoms with Crippen molar-refractivity contribution in [2.45, 2.75) is 64.8 Å². The Labute approximate surface area is 163 Å². The molecular formula is C22H33NO4. The fraction of sp³-hybridized carbons (Fsp3) is 0.636. The van der Waals surface area contributed by atoms with Gasteiger partial charge in [-0.05, 0) is 37.0 Å². The van der Waals surface area contributed by atoms with Crippen LogP contribution in [0.3, 0.4) is 0 Å². The van der Waals surface area contributed by atoms with Crippen LogP contribution in [0.2, 0.25) is 0 Å². The summed E-state index contributed by atoms with van der Waals surface area (Å²) in [5.41, 5.74) is 1.03. The van der Waals surface area contributed by atoms with Crippen molar-refractivity contribution in [2.75, 3.05) is 20.3 Å². The van der Waals surface area contributed by atoms with Gasteiger partial charge in [-0.15, -0.1) is 0 Å². The van der Waals surface area contributed by atoms with Gasteiger partial charge >= 0.3 is 5.97 Å². The van der Waals surface area contributed by atoms with Crippen molar-refractivity contribution >= 4 is 11.9 Å². The standard InChI is InChI=1S/C22H33NO4/c1-3-27-22(25)15-16-23(17-19-9-12-20(26-2)13-10-19)21(24)14-11-18-7-5-4-6-8-18/h9-10,12-13,18H,3-8,11,14-17H2,1-2H3. The molecule has 1 fully saturated rings. The van der Waals surface area contributed by atoms with Gasteiger partial charge in [-0.2, -0.15) is 0 Å². The molecule has 5 heteroatoms. The van der Waals surface area contributed by atoms with Gasteiger partial charge in [0.25, 0.3) is 0 Å². The van der Waals surface area contributed by atoms with Crippen molar-refractivity contribution in [3.8, 4) is 5.75 Å². The van der Waals surface area contributed by atoms with Crippen LogP contribution in [0.1, 0.15) is 63.9 Å². The molecule has 0 N–H and O–H groups in total. The van der Waals surface area contributed by atoms with Gasteiger partial charge < -0.3 is 14.4 Å². The van der Waals surface area contributed by atoms with Crippen LogP contribution >= 0.6 is 0 Å². The maximum atomic E-state index is 12.8. The SMILES string of the molecule is CCOC(=O)CCN(Cc1ccc(OC)cc1)C(=O)CCC1CCCCC1. The summed E-state index contributed by atoms with van der Waals surface area (Å²) in [4.78, 5) is 26.4. The molecule has 0 heterocycles. The third-order valence-corrected chi connectivity index (χ3v) is 5.27. The number of carbonyl (C=O) groups is 2. The second kappa shape index (κ2) is 11.6. The number of carbonyl (C=O) groups excluding carboxylic acids is 2. The minimum absolute atomic E-state index is 0.126. The van der Waals surface area contributed by atoms with Crippen molar-refractivity contribution in [3.63, 3.8) is 0 Å². The molecule has 150 valence electrons. The first-order valence-corrected chi connectivity index (χ1v) is 10.2. The van der Waals surface area contributed by atoms with Gasteiger partial charge in [0.05, 0.1) is 20.1 Å². The van der Waals surface area contributed by atoms with Gasteiger partial charge in [-0.1, -0.05) is 44.2 Å². The van der Waals surface area contributed by atoms with Crippen molar-refractivity contribution < 1.29 is 19.1 Å². The molecule has 0 unspecified atom stereocenters. The molecule has 1 aromatic carbocycles. The fourth-order valence-corrected chi connectivity index (χ4v) is 3.66. The number of amides is 1. The first kappa shape index (κ1) is 21.3. The summed E-state index contributed by atoms with van der Waals surface area (Å²) in [6, 6.07) is 7.71. The summed E-state index contributed by atoms with van der Waals surface area (Å²) >= 11 is 0. The average Bonchev–Trinajstić information content (AvgIpc) is 2.70. The minimum atomic E-state index is -0.252. The van der Waals surface area contributed by atoms with Crippen LogP contribution in [-0.2, 0) is 20.9 Å². The van der Waals surface area contributed by atoms with Gasteiger partial charge in [0.1, 0.15) is 5.75 Å². The maximum absolute atomic E-state index is 12.8. The second-order valence-electron chi connectivity index (χ2n) is 7.26. The van der Waals surface area contributed by atoms with E-state index in [4.69, 9.17) is 9.47 Å². The Kier molecular flexibility index (Phi) is 9.16. The first-order valence-electron chi connectivity index (χ1n) is 10.2. The average molecular weight is 376 g/mol. The molecule has 0 atom stereocenters. The molecule has 1 aliphatic rings. The molecule has 1 amide bonds. The second-order valence-corrected chi connectivity index (χ2v) is 7.26. The molecule has 0 radical (unpaired) electrons. The topological polar surface area (TPSA) is 55.8 Å². The highest BCUT2D eigenvalue weighted by Gasteiger charge is 2.19. The molecule has 1 aliphatic carbocycles. The van der Waals surface area contributed by atoms with E-state index in [-0.39, 0.29) is 18.3 Å². The maximum Gasteiger partial charge on any atom is 0.307 e. The third kappa shape index (κ3) is 7.61. The number of rotatable bonds is 10. The van der Waals surface area contributed by atoms with Gasteiger partial charge in [0.15, 0.2) is 0 Å². The predicted molar refractivity (Wildman–Crippen MR) is 105 cm³/mol. The lowest BCUT2D eigenvalue weighted by molar-refractivity contribution is -0.144. The smallest absolute Gasteiger partial charge is 0.307 e. The summed E-state index contributed by atoms with van der Waals surface area (Å²) in [5.74, 6) is 1.34. The molecule has 0 aliphatic heterocycles. The molecular weight excluding hydrogens is 342 g/mol. The number of benzene rings is 1. The van der Waals surface area contributed by atoms with Crippen LogP contribution < -0.4 is 4.74 Å². The van der Waals surface area contributed by atoms with E-state index < -0.39 is 0 Å². The molecule has 27 heavy (non-hydrogen) atoms. The van der Waals surface area contributed by atoms with Crippen LogP contribution in [0, 0.1) is 5.92 Å². The highest BCUT2D eigenvalue weighted by Crippen LogP contribution is 2.27. The Hall–Kier alpha value is -2.04. The predicted octanol–water partition coefficient (Wildman–Crippen LogP) is 4.34. The molecule has 0 spiro atoms. The summed E-state index contributed by atoms with van der Waals surface area (Å²) < 4.78 is 10.2. The number of hydrogen-bond acceptors (Lipinski definition) is 4. The van der Waals surface area contributed by atoms with Crippen molar-refractivity contribution in [1.29, 1.82) is 0 Å². The number of esters is 1. The largest absolute Gasteiger partial charge is 0.497 e. The zero-order valence-corrected chi connectivity index (χ0v) is 16.7. The van der Waals surface area contributed by atoms with Crippen molar-refractivity contribution in [3.05, 3.63) is 29.8 Å². The highest BCUT2D eigenvalue weighted by molar-refractivity contribution is 5.77. The van der Waals surface area contributed by atoms with E-state index in [1.54, 1.807) is 18.9 Å². The zero-order chi connectivity index (χ0) is 19.5. The van der Waals surface area contributed by atoms with Crippen LogP contribution in [0.25, 0.3) is 0 Å². The summed E-state index contributed by atoms with van der Waals surface area (Å²) in [7, 11) is 1.63. The Morgan fingerprint density at radius 2 is 1.78 bits per heavy atom. The number of ether oxygens (including phenoxy) is 2. The molecule has 0 saturated heterocycles. The molecule has 1 aromatic rings. The highest BCUT2D eigenvalue weighted by atomic mass is 16.5. The number of hydrogen-bond donors (Lipinski definition) is 0. The number of methoxy groups -OCH3 is 1. The van der Waals surface area contributed by atoms with Gasteiger partial charge in [-0.25, -0.2) is 0 Å². The third-order valence-electron chi connectivity index (χ3n) is 5.27. The van der Waals surface area contributed by atoms with Crippen molar-refractivity contribution in [1.82, 2.24) is 4.90 Å². The molecule has 0 bridgehead atoms. The van der Waals surface area contributed by atoms with E-state index >= 15 is 0 Å². The van der Waals surface area contributed by atoms with Gasteiger partial charge in [0.2, 0.25) is 5.91 Å². The van der Waals surface area contributed by atoms with Crippen LogP contribution in [0.15, 0.2) is 24.3 Å². The Morgan fingerprint density at radius 3 is 2.41 bits per heavy atom. The Balaban J connectivity index is 1.93. The molecule has 5 nitrogen and oxygen atoms in total. The molecule has 2 rings (SSSR count). The van der Waals surface area contributed by atoms with Gasteiger partial charge in [0, 0.05) is 19.5 Å². The van der Waals surface area contributed by atoms with E-state index in [9.17, 15) is 9.59 Å². The lowest BCUT2D eigenvalue weighted by atomic mass is 9.86. The summed E-state index contributed by atoms with van der Waals surface area (Å²) in [6.45, 7) is 3.07. The quantitative estimate of drug-likeness (QED) is 0.571. The van der Waals surface area contributed by atoms with Crippen molar-refractivity contribution in [2.24, 2.45) is 5.92 Å². The van der Waals surface area contributed by atoms with E-state index in [1.165, 1.54) is 32.1 Å². The minimum Gasteiger partial charge on any atom is -0.497 e. The number of nitrogens with zero attached hydrogens (tertiary/aromatic N) is 1. The monoisotopic (exact) mass is 375 g/mol. The Bertz CT molecular complexity index is 578. The zero-order valence-electron chi connectivity index (χ0n) is 16.7. The lowest BCUT2D eigenvalue weighted by Gasteiger charge is -2.25. The summed E-state index contributed by atoms with van der Waals surface area (Å²) in [5, 5.41) is 0. The van der Waals surface area contributed by atoms with E-state index in [0.717, 1.165) is 17.7 Å². The molecule has 1 saturated carbocycles. The van der Waals surface area contributed by atoms with E-state index in [0.29, 0.717) is 32.0 Å². The van der Waals surface area contributed by atoms with Crippen LogP contribution in [0.5, 0.6) is 5.75 Å². The van der Waals surface area contributed by atoms with E-state index in [2.05, 4.69) is 0 Å². The van der Waals surface area contributed by atoms with Crippen LogP contribution in [0.4, 0.5) is 0 Å². The van der Waals surface area contributed by atoms with Crippen LogP contribution in [-0.4, -0.2) is 37.0 Å². The fourth-order valence-electron chi connectivity index (χ4n) is 3.66. The first-order chi connectivity index (χ1) is 13.1. The molecule has 0 aromatic heterocycles.